The van der Waals surface area contributed by atoms with Crippen molar-refractivity contribution in [2.45, 2.75) is 30.8 Å². The summed E-state index contributed by atoms with van der Waals surface area (Å²) in [6, 6.07) is 16.0. The Balaban J connectivity index is 1.67. The van der Waals surface area contributed by atoms with Crippen molar-refractivity contribution in [3.63, 3.8) is 0 Å². The smallest absolute Gasteiger partial charge is 0.189 e. The van der Waals surface area contributed by atoms with Gasteiger partial charge in [0.15, 0.2) is 11.1 Å². The highest BCUT2D eigenvalue weighted by molar-refractivity contribution is 7.80. The predicted molar refractivity (Wildman–Crippen MR) is 76.3 cm³/mol. The summed E-state index contributed by atoms with van der Waals surface area (Å²) in [6.07, 6.45) is 1.74. The minimum absolute atomic E-state index is 0.0273. The van der Waals surface area contributed by atoms with Crippen molar-refractivity contribution in [3.05, 3.63) is 65.2 Å². The molecule has 0 N–H and O–H groups in total. The molecule has 2 aromatic carbocycles. The molecule has 0 saturated carbocycles. The number of hydrogen-bond donors (Lipinski definition) is 0. The molecular weight excluding hydrogens is 256 g/mol. The van der Waals surface area contributed by atoms with E-state index in [0.717, 1.165) is 23.3 Å². The third-order valence-corrected chi connectivity index (χ3v) is 4.55. The molecule has 2 nitrogen and oxygen atoms in total. The molecule has 3 heteroatoms. The van der Waals surface area contributed by atoms with Crippen LogP contribution in [0.25, 0.3) is 0 Å². The molecule has 1 aliphatic carbocycles. The quantitative estimate of drug-likeness (QED) is 0.857. The average Bonchev–Trinajstić information content (AvgIpc) is 2.81. The van der Waals surface area contributed by atoms with E-state index in [9.17, 15) is 4.21 Å². The molecule has 0 amide bonds. The van der Waals surface area contributed by atoms with Gasteiger partial charge in [-0.3, -0.25) is 4.18 Å². The summed E-state index contributed by atoms with van der Waals surface area (Å²) in [5.74, 6) is 0. The van der Waals surface area contributed by atoms with Crippen molar-refractivity contribution in [1.29, 1.82) is 0 Å². The maximum absolute atomic E-state index is 12.2. The maximum atomic E-state index is 12.2. The summed E-state index contributed by atoms with van der Waals surface area (Å²) in [7, 11) is 0. The average molecular weight is 272 g/mol. The Labute approximate surface area is 116 Å². The Morgan fingerprint density at radius 3 is 2.16 bits per heavy atom. The SMILES string of the molecule is Cc1ccc(S(=O)OC2Cc3ccccc3C2)cc1. The summed E-state index contributed by atoms with van der Waals surface area (Å²) < 4.78 is 17.8. The van der Waals surface area contributed by atoms with Crippen LogP contribution in [-0.4, -0.2) is 10.3 Å². The second-order valence-electron chi connectivity index (χ2n) is 4.94. The molecule has 0 radical (unpaired) electrons. The lowest BCUT2D eigenvalue weighted by atomic mass is 10.1. The molecule has 1 aliphatic rings. The van der Waals surface area contributed by atoms with Gasteiger partial charge in [-0.25, -0.2) is 4.21 Å². The van der Waals surface area contributed by atoms with Gasteiger partial charge in [-0.15, -0.1) is 0 Å². The Bertz CT molecular complexity index is 579. The molecule has 0 bridgehead atoms. The van der Waals surface area contributed by atoms with Gasteiger partial charge in [0, 0.05) is 12.8 Å². The molecule has 1 atom stereocenters. The number of benzene rings is 2. The van der Waals surface area contributed by atoms with Crippen LogP contribution in [0.3, 0.4) is 0 Å². The van der Waals surface area contributed by atoms with Crippen LogP contribution in [0.2, 0.25) is 0 Å². The monoisotopic (exact) mass is 272 g/mol. The number of hydrogen-bond acceptors (Lipinski definition) is 2. The Kier molecular flexibility index (Phi) is 3.49. The number of aryl methyl sites for hydroxylation is 1. The van der Waals surface area contributed by atoms with Crippen LogP contribution in [0, 0.1) is 6.92 Å². The van der Waals surface area contributed by atoms with Gasteiger partial charge in [0.1, 0.15) is 0 Å². The topological polar surface area (TPSA) is 26.3 Å². The zero-order valence-electron chi connectivity index (χ0n) is 10.8. The van der Waals surface area contributed by atoms with Crippen LogP contribution in [0.1, 0.15) is 16.7 Å². The zero-order chi connectivity index (χ0) is 13.2. The molecule has 19 heavy (non-hydrogen) atoms. The van der Waals surface area contributed by atoms with Gasteiger partial charge in [0.2, 0.25) is 0 Å². The fourth-order valence-corrected chi connectivity index (χ4v) is 3.27. The fourth-order valence-electron chi connectivity index (χ4n) is 2.42. The van der Waals surface area contributed by atoms with Crippen molar-refractivity contribution >= 4 is 11.1 Å². The second kappa shape index (κ2) is 5.27. The van der Waals surface area contributed by atoms with E-state index in [2.05, 4.69) is 12.1 Å². The van der Waals surface area contributed by atoms with E-state index in [0.29, 0.717) is 0 Å². The van der Waals surface area contributed by atoms with Crippen LogP contribution in [0.15, 0.2) is 53.4 Å². The van der Waals surface area contributed by atoms with Gasteiger partial charge in [0.25, 0.3) is 0 Å². The first kappa shape index (κ1) is 12.6. The molecule has 0 aliphatic heterocycles. The van der Waals surface area contributed by atoms with Crippen molar-refractivity contribution in [1.82, 2.24) is 0 Å². The van der Waals surface area contributed by atoms with E-state index in [1.165, 1.54) is 11.1 Å². The molecule has 0 saturated heterocycles. The zero-order valence-corrected chi connectivity index (χ0v) is 11.7. The Morgan fingerprint density at radius 2 is 1.58 bits per heavy atom. The summed E-state index contributed by atoms with van der Waals surface area (Å²) in [5, 5.41) is 0. The van der Waals surface area contributed by atoms with Gasteiger partial charge < -0.3 is 0 Å². The highest BCUT2D eigenvalue weighted by atomic mass is 32.2. The van der Waals surface area contributed by atoms with E-state index < -0.39 is 11.1 Å². The van der Waals surface area contributed by atoms with Crippen LogP contribution >= 0.6 is 0 Å². The first-order chi connectivity index (χ1) is 9.22. The van der Waals surface area contributed by atoms with E-state index in [4.69, 9.17) is 4.18 Å². The molecular formula is C16H16O2S. The molecule has 0 spiro atoms. The molecule has 1 unspecified atom stereocenters. The van der Waals surface area contributed by atoms with Crippen molar-refractivity contribution in [3.8, 4) is 0 Å². The van der Waals surface area contributed by atoms with Gasteiger partial charge in [0.05, 0.1) is 11.0 Å². The molecule has 2 aromatic rings. The molecule has 0 heterocycles. The first-order valence-corrected chi connectivity index (χ1v) is 7.52. The number of fused-ring (bicyclic) bond motifs is 1. The first-order valence-electron chi connectivity index (χ1n) is 6.45. The van der Waals surface area contributed by atoms with E-state index in [-0.39, 0.29) is 6.10 Å². The van der Waals surface area contributed by atoms with Crippen molar-refractivity contribution < 1.29 is 8.39 Å². The highest BCUT2D eigenvalue weighted by Crippen LogP contribution is 2.25. The minimum Gasteiger partial charge on any atom is -0.283 e. The maximum Gasteiger partial charge on any atom is 0.189 e. The standard InChI is InChI=1S/C16H16O2S/c1-12-6-8-16(9-7-12)19(17)18-15-10-13-4-2-3-5-14(13)11-15/h2-9,15H,10-11H2,1H3. The lowest BCUT2D eigenvalue weighted by Crippen LogP contribution is -2.14. The van der Waals surface area contributed by atoms with Gasteiger partial charge in [-0.1, -0.05) is 42.0 Å². The normalized spacial score (nSPS) is 16.3. The van der Waals surface area contributed by atoms with Gasteiger partial charge >= 0.3 is 0 Å². The molecule has 0 aromatic heterocycles. The van der Waals surface area contributed by atoms with E-state index in [1.807, 2.05) is 43.3 Å². The lowest BCUT2D eigenvalue weighted by Gasteiger charge is -2.09. The van der Waals surface area contributed by atoms with Gasteiger partial charge in [-0.05, 0) is 30.2 Å². The van der Waals surface area contributed by atoms with Crippen LogP contribution in [-0.2, 0) is 28.1 Å². The fraction of sp³-hybridized carbons (Fsp3) is 0.250. The van der Waals surface area contributed by atoms with Crippen LogP contribution in [0.4, 0.5) is 0 Å². The molecule has 3 rings (SSSR count). The molecule has 98 valence electrons. The summed E-state index contributed by atoms with van der Waals surface area (Å²) in [5.41, 5.74) is 3.79. The number of rotatable bonds is 3. The third kappa shape index (κ3) is 2.77. The van der Waals surface area contributed by atoms with Gasteiger partial charge in [-0.2, -0.15) is 0 Å². The van der Waals surface area contributed by atoms with Crippen molar-refractivity contribution in [2.24, 2.45) is 0 Å². The van der Waals surface area contributed by atoms with Crippen LogP contribution in [0.5, 0.6) is 0 Å². The highest BCUT2D eigenvalue weighted by Gasteiger charge is 2.24. The van der Waals surface area contributed by atoms with Crippen molar-refractivity contribution in [2.75, 3.05) is 0 Å². The predicted octanol–water partition coefficient (Wildman–Crippen LogP) is 3.20. The Morgan fingerprint density at radius 1 is 1.00 bits per heavy atom. The molecule has 0 fully saturated rings. The second-order valence-corrected chi connectivity index (χ2v) is 6.08. The summed E-state index contributed by atoms with van der Waals surface area (Å²) in [4.78, 5) is 0.738. The van der Waals surface area contributed by atoms with Crippen LogP contribution < -0.4 is 0 Å². The summed E-state index contributed by atoms with van der Waals surface area (Å²) >= 11 is -1.37. The minimum atomic E-state index is -1.37. The summed E-state index contributed by atoms with van der Waals surface area (Å²) in [6.45, 7) is 2.02. The van der Waals surface area contributed by atoms with E-state index >= 15 is 0 Å². The third-order valence-electron chi connectivity index (χ3n) is 3.45. The van der Waals surface area contributed by atoms with E-state index in [1.54, 1.807) is 0 Å². The lowest BCUT2D eigenvalue weighted by molar-refractivity contribution is 0.239. The largest absolute Gasteiger partial charge is 0.283 e. The Hall–Kier alpha value is -1.45.